The molecule has 0 aromatic heterocycles. The largest absolute Gasteiger partial charge is 0.344 e. The van der Waals surface area contributed by atoms with Gasteiger partial charge in [0.25, 0.3) is 0 Å². The Balaban J connectivity index is 0. The molecule has 38 valence electrons. The van der Waals surface area contributed by atoms with Crippen molar-refractivity contribution in [2.75, 3.05) is 0 Å². The van der Waals surface area contributed by atoms with E-state index in [1.165, 1.54) is 0 Å². The van der Waals surface area contributed by atoms with Crippen LogP contribution in [0.5, 0.6) is 0 Å². The molecule has 0 aromatic carbocycles. The Labute approximate surface area is 33.2 Å². The molecule has 6 nitrogen and oxygen atoms in total. The molecule has 0 rings (SSSR count). The molecule has 0 spiro atoms. The van der Waals surface area contributed by atoms with E-state index in [2.05, 4.69) is 15.1 Å². The Hall–Kier alpha value is -0.240. The smallest absolute Gasteiger partial charge is 0 e. The first-order valence-corrected chi connectivity index (χ1v) is 0.667. The third kappa shape index (κ3) is 9.25. The predicted molar refractivity (Wildman–Crippen MR) is 9.65 cm³/mol. The van der Waals surface area contributed by atoms with Crippen LogP contribution >= 0.6 is 0 Å². The van der Waals surface area contributed by atoms with Crippen molar-refractivity contribution in [2.24, 2.45) is 0 Å². The Kier molecular flexibility index (Phi) is 13.6. The number of hydrogen-bond acceptors (Lipinski definition) is 4. The van der Waals surface area contributed by atoms with Crippen LogP contribution in [-0.4, -0.2) is 0 Å². The van der Waals surface area contributed by atoms with Gasteiger partial charge in [-0.3, -0.25) is 0 Å². The second-order valence-electron chi connectivity index (χ2n) is 0.204. The molecule has 0 heterocycles. The zero-order valence-corrected chi connectivity index (χ0v) is 2.75. The van der Waals surface area contributed by atoms with Crippen LogP contribution in [0.3, 0.4) is 0 Å². The van der Waals surface area contributed by atoms with Crippen LogP contribution in [0.25, 0.3) is 0 Å². The predicted octanol–water partition coefficient (Wildman–Crippen LogP) is -0.281. The van der Waals surface area contributed by atoms with Gasteiger partial charge < -0.3 is 6.15 Å². The van der Waals surface area contributed by atoms with E-state index in [9.17, 15) is 0 Å². The molecule has 0 amide bonds. The molecule has 0 aliphatic carbocycles. The van der Waals surface area contributed by atoms with E-state index in [4.69, 9.17) is 10.5 Å². The van der Waals surface area contributed by atoms with Crippen molar-refractivity contribution in [2.45, 2.75) is 0 Å². The maximum Gasteiger partial charge on any atom is 0 e. The van der Waals surface area contributed by atoms with E-state index in [0.29, 0.717) is 0 Å². The van der Waals surface area contributed by atoms with E-state index < -0.39 is 0 Å². The molecule has 0 bridgehead atoms. The molecule has 0 aromatic rings. The minimum atomic E-state index is 0. The molecule has 0 aliphatic heterocycles. The Morgan fingerprint density at radius 2 is 1.33 bits per heavy atom. The van der Waals surface area contributed by atoms with Crippen molar-refractivity contribution in [3.05, 3.63) is 0 Å². The van der Waals surface area contributed by atoms with E-state index in [0.717, 1.165) is 0 Å². The number of rotatable bonds is 2. The normalized spacial score (nSPS) is 7.00. The van der Waals surface area contributed by atoms with Crippen molar-refractivity contribution in [1.29, 1.82) is 0 Å². The number of hydrogen-bond donors (Lipinski definition) is 1. The maximum absolute atomic E-state index is 8.48. The molecule has 0 saturated carbocycles. The van der Waals surface area contributed by atoms with Gasteiger partial charge in [0.2, 0.25) is 0 Å². The highest BCUT2D eigenvalue weighted by molar-refractivity contribution is 2.76. The molecular formula is H3NO5. The lowest BCUT2D eigenvalue weighted by molar-refractivity contribution is -0.726. The molecule has 2 radical (unpaired) electrons. The van der Waals surface area contributed by atoms with Crippen molar-refractivity contribution >= 4 is 0 Å². The lowest BCUT2D eigenvalue weighted by Gasteiger charge is -1.73. The molecule has 6 heavy (non-hydrogen) atoms. The monoisotopic (exact) mass is 97.0 g/mol. The van der Waals surface area contributed by atoms with Gasteiger partial charge in [-0.25, -0.2) is 0 Å². The van der Waals surface area contributed by atoms with Crippen LogP contribution in [0.4, 0.5) is 0 Å². The highest BCUT2D eigenvalue weighted by atomic mass is 17.7. The van der Waals surface area contributed by atoms with Gasteiger partial charge in [-0.15, -0.1) is 0 Å². The van der Waals surface area contributed by atoms with Gasteiger partial charge >= 0.3 is 0 Å². The summed E-state index contributed by atoms with van der Waals surface area (Å²) in [5.74, 6) is 0. The minimum Gasteiger partial charge on any atom is -0.344 e. The van der Waals surface area contributed by atoms with Crippen LogP contribution in [0, 0.1) is 0 Å². The fourth-order valence-electron chi connectivity index (χ4n) is 0.0113. The summed E-state index contributed by atoms with van der Waals surface area (Å²) in [6, 6.07) is 0. The van der Waals surface area contributed by atoms with Gasteiger partial charge in [0, 0.05) is 25.6 Å². The van der Waals surface area contributed by atoms with Crippen LogP contribution in [-0.2, 0) is 25.6 Å². The molecule has 3 N–H and O–H groups in total. The maximum atomic E-state index is 8.48. The highest BCUT2D eigenvalue weighted by Crippen LogP contribution is 1.66. The Morgan fingerprint density at radius 3 is 1.33 bits per heavy atom. The first kappa shape index (κ1) is 9.23. The van der Waals surface area contributed by atoms with E-state index in [1.807, 2.05) is 0 Å². The molecule has 6 heteroatoms. The average Bonchev–Trinajstić information content (AvgIpc) is 1.41. The summed E-state index contributed by atoms with van der Waals surface area (Å²) in [6.45, 7) is 0. The van der Waals surface area contributed by atoms with Crippen molar-refractivity contribution in [3.8, 4) is 0 Å². The van der Waals surface area contributed by atoms with E-state index in [-0.39, 0.29) is 6.15 Å². The van der Waals surface area contributed by atoms with Gasteiger partial charge in [-0.1, -0.05) is 0 Å². The van der Waals surface area contributed by atoms with Crippen molar-refractivity contribution < 1.29 is 25.6 Å². The van der Waals surface area contributed by atoms with E-state index >= 15 is 0 Å². The first-order valence-electron chi connectivity index (χ1n) is 0.667. The summed E-state index contributed by atoms with van der Waals surface area (Å²) in [4.78, 5) is 0. The molecule has 0 atom stereocenters. The Morgan fingerprint density at radius 1 is 1.00 bits per heavy atom. The summed E-state index contributed by atoms with van der Waals surface area (Å²) in [6.07, 6.45) is 0. The zero-order valence-electron chi connectivity index (χ0n) is 2.75. The van der Waals surface area contributed by atoms with Crippen LogP contribution < -0.4 is 6.15 Å². The third-order valence-corrected chi connectivity index (χ3v) is 0.0556. The second-order valence-corrected chi connectivity index (χ2v) is 0.204. The summed E-state index contributed by atoms with van der Waals surface area (Å²) in [5, 5.41) is 24.5. The third-order valence-electron chi connectivity index (χ3n) is 0.0556. The van der Waals surface area contributed by atoms with Crippen LogP contribution in [0.2, 0.25) is 0 Å². The molecule has 0 saturated heterocycles. The fraction of sp³-hybridized carbons (Fsp3) is 0. The SMILES string of the molecule is N.[O]OOO[O]. The zero-order chi connectivity index (χ0) is 4.12. The first-order chi connectivity index (χ1) is 2.41. The van der Waals surface area contributed by atoms with E-state index in [1.54, 1.807) is 0 Å². The highest BCUT2D eigenvalue weighted by Gasteiger charge is 1.73. The summed E-state index contributed by atoms with van der Waals surface area (Å²) in [7, 11) is 0. The molecule has 0 unspecified atom stereocenters. The summed E-state index contributed by atoms with van der Waals surface area (Å²) < 4.78 is 0. The standard InChI is InChI=1S/H3N.O5/c;1-3-5-4-2/h1H3;. The van der Waals surface area contributed by atoms with Gasteiger partial charge in [0.15, 0.2) is 0 Å². The van der Waals surface area contributed by atoms with Crippen LogP contribution in [0.1, 0.15) is 0 Å². The van der Waals surface area contributed by atoms with Gasteiger partial charge in [0.05, 0.1) is 0 Å². The topological polar surface area (TPSA) is 102 Å². The minimum absolute atomic E-state index is 0. The van der Waals surface area contributed by atoms with Crippen molar-refractivity contribution in [1.82, 2.24) is 6.15 Å². The second kappa shape index (κ2) is 8.83. The summed E-state index contributed by atoms with van der Waals surface area (Å²) >= 11 is 0. The van der Waals surface area contributed by atoms with Gasteiger partial charge in [-0.05, 0) is 0 Å². The molecular weight excluding hydrogens is 94.0 g/mol. The fourth-order valence-corrected chi connectivity index (χ4v) is 0.0113. The van der Waals surface area contributed by atoms with Crippen LogP contribution in [0.15, 0.2) is 0 Å². The Bertz CT molecular complexity index is 11.4. The lowest BCUT2D eigenvalue weighted by atomic mass is 14.0. The summed E-state index contributed by atoms with van der Waals surface area (Å²) in [5.41, 5.74) is 0. The average molecular weight is 97.0 g/mol. The van der Waals surface area contributed by atoms with Crippen molar-refractivity contribution in [3.63, 3.8) is 0 Å². The van der Waals surface area contributed by atoms with Gasteiger partial charge in [-0.2, -0.15) is 0 Å². The molecule has 0 fully saturated rings. The lowest BCUT2D eigenvalue weighted by Crippen LogP contribution is -1.81. The van der Waals surface area contributed by atoms with Gasteiger partial charge in [0.1, 0.15) is 0 Å². The molecule has 0 aliphatic rings. The quantitative estimate of drug-likeness (QED) is 0.378.